The van der Waals surface area contributed by atoms with E-state index in [9.17, 15) is 4.79 Å². The quantitative estimate of drug-likeness (QED) is 0.696. The largest absolute Gasteiger partial charge is 0.476 e. The van der Waals surface area contributed by atoms with E-state index in [4.69, 9.17) is 5.11 Å². The lowest BCUT2D eigenvalue weighted by molar-refractivity contribution is 0.0689. The van der Waals surface area contributed by atoms with Gasteiger partial charge in [0.2, 0.25) is 0 Å². The zero-order valence-electron chi connectivity index (χ0n) is 11.6. The Morgan fingerprint density at radius 3 is 2.58 bits per heavy atom. The number of carboxylic acid groups (broad SMARTS) is 1. The first-order chi connectivity index (χ1) is 9.24. The van der Waals surface area contributed by atoms with Crippen molar-refractivity contribution in [3.63, 3.8) is 0 Å². The minimum absolute atomic E-state index is 0.161. The van der Waals surface area contributed by atoms with Gasteiger partial charge in [-0.2, -0.15) is 0 Å². The Morgan fingerprint density at radius 1 is 1.26 bits per heavy atom. The minimum atomic E-state index is -0.948. The van der Waals surface area contributed by atoms with Crippen LogP contribution in [0.15, 0.2) is 0 Å². The van der Waals surface area contributed by atoms with Crippen molar-refractivity contribution < 1.29 is 9.90 Å². The average Bonchev–Trinajstić information content (AvgIpc) is 3.14. The van der Waals surface area contributed by atoms with E-state index < -0.39 is 5.97 Å². The molecule has 106 valence electrons. The number of aromatic carboxylic acids is 1. The van der Waals surface area contributed by atoms with Crippen molar-refractivity contribution in [2.24, 2.45) is 0 Å². The molecule has 0 radical (unpaired) electrons. The third kappa shape index (κ3) is 3.78. The first-order valence-corrected chi connectivity index (χ1v) is 7.40. The summed E-state index contributed by atoms with van der Waals surface area (Å²) in [6, 6.07) is 0. The van der Waals surface area contributed by atoms with Gasteiger partial charge in [0.05, 0.1) is 5.69 Å². The third-order valence-corrected chi connectivity index (χ3v) is 3.66. The van der Waals surface area contributed by atoms with E-state index in [-0.39, 0.29) is 5.69 Å². The Labute approximate surface area is 114 Å². The molecule has 1 fully saturated rings. The maximum Gasteiger partial charge on any atom is 0.358 e. The Bertz CT molecular complexity index is 424. The molecule has 0 spiro atoms. The van der Waals surface area contributed by atoms with Crippen LogP contribution >= 0.6 is 0 Å². The Morgan fingerprint density at radius 2 is 1.95 bits per heavy atom. The summed E-state index contributed by atoms with van der Waals surface area (Å²) in [5, 5.41) is 16.9. The predicted molar refractivity (Wildman–Crippen MR) is 72.3 cm³/mol. The molecule has 0 saturated heterocycles. The van der Waals surface area contributed by atoms with Crippen molar-refractivity contribution >= 4 is 5.97 Å². The van der Waals surface area contributed by atoms with Gasteiger partial charge in [0.1, 0.15) is 0 Å². The summed E-state index contributed by atoms with van der Waals surface area (Å²) in [6.45, 7) is 3.02. The fourth-order valence-corrected chi connectivity index (χ4v) is 2.44. The molecule has 1 aromatic heterocycles. The highest BCUT2D eigenvalue weighted by Crippen LogP contribution is 2.41. The van der Waals surface area contributed by atoms with Gasteiger partial charge in [0.15, 0.2) is 5.69 Å². The smallest absolute Gasteiger partial charge is 0.358 e. The number of carbonyl (C=O) groups is 1. The van der Waals surface area contributed by atoms with E-state index in [2.05, 4.69) is 17.2 Å². The fraction of sp³-hybridized carbons (Fsp3) is 0.786. The molecule has 1 N–H and O–H groups in total. The maximum atomic E-state index is 11.1. The van der Waals surface area contributed by atoms with Crippen LogP contribution in [0, 0.1) is 0 Å². The number of carboxylic acids is 1. The van der Waals surface area contributed by atoms with E-state index in [1.807, 2.05) is 4.68 Å². The van der Waals surface area contributed by atoms with Crippen LogP contribution in [0.2, 0.25) is 0 Å². The zero-order valence-corrected chi connectivity index (χ0v) is 11.6. The second kappa shape index (κ2) is 6.68. The molecule has 2 rings (SSSR count). The average molecular weight is 265 g/mol. The van der Waals surface area contributed by atoms with Crippen molar-refractivity contribution in [3.8, 4) is 0 Å². The summed E-state index contributed by atoms with van der Waals surface area (Å²) in [5.41, 5.74) is 1.01. The molecule has 0 bridgehead atoms. The lowest BCUT2D eigenvalue weighted by atomic mass is 10.1. The molecule has 1 saturated carbocycles. The lowest BCUT2D eigenvalue weighted by Crippen LogP contribution is -2.07. The van der Waals surface area contributed by atoms with Crippen molar-refractivity contribution in [1.29, 1.82) is 0 Å². The van der Waals surface area contributed by atoms with Crippen LogP contribution in [-0.2, 0) is 6.54 Å². The van der Waals surface area contributed by atoms with Crippen molar-refractivity contribution in [2.45, 2.75) is 70.8 Å². The SMILES string of the molecule is CCCCCCCCn1nnc(C(=O)O)c1C1CC1. The third-order valence-electron chi connectivity index (χ3n) is 3.66. The molecule has 0 amide bonds. The van der Waals surface area contributed by atoms with Crippen LogP contribution in [0.1, 0.15) is 80.4 Å². The molecule has 1 heterocycles. The molecule has 0 atom stereocenters. The van der Waals surface area contributed by atoms with Crippen molar-refractivity contribution in [2.75, 3.05) is 0 Å². The van der Waals surface area contributed by atoms with Gasteiger partial charge in [-0.3, -0.25) is 0 Å². The summed E-state index contributed by atoms with van der Waals surface area (Å²) in [6.07, 6.45) is 9.51. The zero-order chi connectivity index (χ0) is 13.7. The van der Waals surface area contributed by atoms with Gasteiger partial charge in [-0.05, 0) is 19.3 Å². The van der Waals surface area contributed by atoms with Gasteiger partial charge in [0.25, 0.3) is 0 Å². The summed E-state index contributed by atoms with van der Waals surface area (Å²) >= 11 is 0. The number of nitrogens with zero attached hydrogens (tertiary/aromatic N) is 3. The Hall–Kier alpha value is -1.39. The molecule has 5 heteroatoms. The topological polar surface area (TPSA) is 68.0 Å². The second-order valence-corrected chi connectivity index (χ2v) is 5.39. The number of aryl methyl sites for hydroxylation is 1. The van der Waals surface area contributed by atoms with E-state index in [1.54, 1.807) is 0 Å². The van der Waals surface area contributed by atoms with Crippen molar-refractivity contribution in [3.05, 3.63) is 11.4 Å². The molecule has 0 aliphatic heterocycles. The molecule has 19 heavy (non-hydrogen) atoms. The van der Waals surface area contributed by atoms with E-state index in [0.717, 1.165) is 31.5 Å². The van der Waals surface area contributed by atoms with Crippen LogP contribution in [0.3, 0.4) is 0 Å². The Balaban J connectivity index is 1.84. The summed E-state index contributed by atoms with van der Waals surface area (Å²) < 4.78 is 1.82. The minimum Gasteiger partial charge on any atom is -0.476 e. The van der Waals surface area contributed by atoms with Gasteiger partial charge < -0.3 is 5.11 Å². The van der Waals surface area contributed by atoms with Gasteiger partial charge in [-0.1, -0.05) is 44.2 Å². The molecule has 1 aliphatic rings. The standard InChI is InChI=1S/C14H23N3O2/c1-2-3-4-5-6-7-10-17-13(11-8-9-11)12(14(18)19)15-16-17/h11H,2-10H2,1H3,(H,18,19). The fourth-order valence-electron chi connectivity index (χ4n) is 2.44. The summed E-state index contributed by atoms with van der Waals surface area (Å²) in [4.78, 5) is 11.1. The van der Waals surface area contributed by atoms with Crippen LogP contribution in [0.5, 0.6) is 0 Å². The van der Waals surface area contributed by atoms with E-state index in [1.165, 1.54) is 32.1 Å². The van der Waals surface area contributed by atoms with Gasteiger partial charge in [-0.15, -0.1) is 5.10 Å². The predicted octanol–water partition coefficient (Wildman–Crippen LogP) is 3.21. The molecule has 0 aromatic carbocycles. The van der Waals surface area contributed by atoms with Gasteiger partial charge >= 0.3 is 5.97 Å². The van der Waals surface area contributed by atoms with E-state index >= 15 is 0 Å². The maximum absolute atomic E-state index is 11.1. The van der Waals surface area contributed by atoms with Crippen LogP contribution in [0.25, 0.3) is 0 Å². The number of hydrogen-bond donors (Lipinski definition) is 1. The van der Waals surface area contributed by atoms with Crippen LogP contribution in [-0.4, -0.2) is 26.1 Å². The summed E-state index contributed by atoms with van der Waals surface area (Å²) in [7, 11) is 0. The lowest BCUT2D eigenvalue weighted by Gasteiger charge is -2.05. The van der Waals surface area contributed by atoms with Crippen LogP contribution in [0.4, 0.5) is 0 Å². The number of aromatic nitrogens is 3. The molecule has 5 nitrogen and oxygen atoms in total. The molecule has 1 aromatic rings. The molecular formula is C14H23N3O2. The second-order valence-electron chi connectivity index (χ2n) is 5.39. The highest BCUT2D eigenvalue weighted by Gasteiger charge is 2.33. The van der Waals surface area contributed by atoms with Gasteiger partial charge in [-0.25, -0.2) is 9.48 Å². The molecule has 1 aliphatic carbocycles. The summed E-state index contributed by atoms with van der Waals surface area (Å²) in [5.74, 6) is -0.572. The number of hydrogen-bond acceptors (Lipinski definition) is 3. The van der Waals surface area contributed by atoms with Crippen LogP contribution < -0.4 is 0 Å². The van der Waals surface area contributed by atoms with E-state index in [0.29, 0.717) is 5.92 Å². The Kier molecular flexibility index (Phi) is 4.93. The highest BCUT2D eigenvalue weighted by atomic mass is 16.4. The molecular weight excluding hydrogens is 242 g/mol. The molecule has 0 unspecified atom stereocenters. The highest BCUT2D eigenvalue weighted by molar-refractivity contribution is 5.86. The monoisotopic (exact) mass is 265 g/mol. The first kappa shape index (κ1) is 14.0. The number of rotatable bonds is 9. The van der Waals surface area contributed by atoms with Crippen molar-refractivity contribution in [1.82, 2.24) is 15.0 Å². The number of unbranched alkanes of at least 4 members (excludes halogenated alkanes) is 5. The normalized spacial score (nSPS) is 14.8. The van der Waals surface area contributed by atoms with Gasteiger partial charge in [0, 0.05) is 12.5 Å². The first-order valence-electron chi connectivity index (χ1n) is 7.40.